The number of hydrogen-bond acceptors (Lipinski definition) is 6. The molecule has 0 aliphatic carbocycles. The van der Waals surface area contributed by atoms with Gasteiger partial charge in [-0.2, -0.15) is 0 Å². The van der Waals surface area contributed by atoms with Crippen molar-refractivity contribution in [1.82, 2.24) is 0 Å². The molecule has 202 valence electrons. The highest BCUT2D eigenvalue weighted by Crippen LogP contribution is 2.43. The molecule has 0 saturated carbocycles. The Morgan fingerprint density at radius 1 is 0.730 bits per heavy atom. The Bertz CT molecular complexity index is 1170. The molecule has 1 aromatic heterocycles. The van der Waals surface area contributed by atoms with Crippen LogP contribution in [0.3, 0.4) is 0 Å². The summed E-state index contributed by atoms with van der Waals surface area (Å²) in [5.41, 5.74) is 2.16. The Morgan fingerprint density at radius 2 is 1.38 bits per heavy atom. The summed E-state index contributed by atoms with van der Waals surface area (Å²) >= 11 is 0. The Kier molecular flexibility index (Phi) is 11.2. The van der Waals surface area contributed by atoms with Gasteiger partial charge in [-0.3, -0.25) is 4.79 Å². The molecule has 0 unspecified atom stereocenters. The molecular formula is C31H42O6. The number of hydrogen-bond donors (Lipinski definition) is 0. The Hall–Kier alpha value is -3.15. The average molecular weight is 511 g/mol. The third-order valence-corrected chi connectivity index (χ3v) is 6.66. The summed E-state index contributed by atoms with van der Waals surface area (Å²) < 4.78 is 28.9. The normalized spacial score (nSPS) is 11.1. The fourth-order valence-corrected chi connectivity index (χ4v) is 4.51. The van der Waals surface area contributed by atoms with Gasteiger partial charge in [-0.15, -0.1) is 0 Å². The molecule has 0 radical (unpaired) electrons. The van der Waals surface area contributed by atoms with Gasteiger partial charge in [0.1, 0.15) is 5.58 Å². The third-order valence-electron chi connectivity index (χ3n) is 6.66. The zero-order valence-electron chi connectivity index (χ0n) is 23.1. The first kappa shape index (κ1) is 28.4. The largest absolute Gasteiger partial charge is 0.493 e. The van der Waals surface area contributed by atoms with E-state index in [0.29, 0.717) is 46.1 Å². The highest BCUT2D eigenvalue weighted by Gasteiger charge is 2.22. The van der Waals surface area contributed by atoms with Crippen LogP contribution in [0.25, 0.3) is 22.3 Å². The van der Waals surface area contributed by atoms with Gasteiger partial charge < -0.3 is 23.4 Å². The summed E-state index contributed by atoms with van der Waals surface area (Å²) in [5.74, 6) is 2.00. The minimum Gasteiger partial charge on any atom is -0.493 e. The maximum absolute atomic E-state index is 13.6. The molecule has 0 amide bonds. The van der Waals surface area contributed by atoms with Crippen LogP contribution in [0.5, 0.6) is 23.0 Å². The van der Waals surface area contributed by atoms with Crippen molar-refractivity contribution in [3.05, 3.63) is 46.1 Å². The molecule has 0 bridgehead atoms. The van der Waals surface area contributed by atoms with Gasteiger partial charge in [-0.05, 0) is 49.1 Å². The molecule has 6 nitrogen and oxygen atoms in total. The summed E-state index contributed by atoms with van der Waals surface area (Å²) in [6.45, 7) is 4.75. The Labute approximate surface area is 220 Å². The molecule has 2 aromatic carbocycles. The van der Waals surface area contributed by atoms with E-state index in [-0.39, 0.29) is 11.2 Å². The second kappa shape index (κ2) is 14.6. The van der Waals surface area contributed by atoms with Crippen molar-refractivity contribution >= 4 is 11.0 Å². The molecule has 3 aromatic rings. The van der Waals surface area contributed by atoms with E-state index in [9.17, 15) is 4.79 Å². The predicted octanol–water partition coefficient (Wildman–Crippen LogP) is 7.96. The second-order valence-electron chi connectivity index (χ2n) is 9.41. The van der Waals surface area contributed by atoms with Gasteiger partial charge in [0.05, 0.1) is 33.3 Å². The highest BCUT2D eigenvalue weighted by molar-refractivity contribution is 5.83. The van der Waals surface area contributed by atoms with E-state index >= 15 is 0 Å². The van der Waals surface area contributed by atoms with Gasteiger partial charge in [-0.25, -0.2) is 0 Å². The van der Waals surface area contributed by atoms with Crippen molar-refractivity contribution in [3.63, 3.8) is 0 Å². The van der Waals surface area contributed by atoms with Crippen molar-refractivity contribution in [1.29, 1.82) is 0 Å². The number of aryl methyl sites for hydroxylation is 1. The average Bonchev–Trinajstić information content (AvgIpc) is 2.92. The number of ether oxygens (including phenoxy) is 4. The summed E-state index contributed by atoms with van der Waals surface area (Å²) in [4.78, 5) is 13.6. The molecular weight excluding hydrogens is 468 g/mol. The van der Waals surface area contributed by atoms with Crippen molar-refractivity contribution in [2.24, 2.45) is 0 Å². The van der Waals surface area contributed by atoms with E-state index < -0.39 is 0 Å². The molecule has 0 spiro atoms. The lowest BCUT2D eigenvalue weighted by atomic mass is 10.0. The summed E-state index contributed by atoms with van der Waals surface area (Å²) in [6.07, 6.45) is 11.6. The van der Waals surface area contributed by atoms with Crippen LogP contribution in [0.2, 0.25) is 0 Å². The first-order chi connectivity index (χ1) is 18.1. The molecule has 3 rings (SSSR count). The van der Waals surface area contributed by atoms with Crippen LogP contribution in [0, 0.1) is 0 Å². The van der Waals surface area contributed by atoms with Gasteiger partial charge in [0.2, 0.25) is 16.9 Å². The quantitative estimate of drug-likeness (QED) is 0.182. The molecule has 0 aliphatic heterocycles. The Balaban J connectivity index is 1.98. The maximum Gasteiger partial charge on any atom is 0.235 e. The van der Waals surface area contributed by atoms with Crippen molar-refractivity contribution in [3.8, 4) is 34.3 Å². The summed E-state index contributed by atoms with van der Waals surface area (Å²) in [5, 5.41) is 0.519. The first-order valence-electron chi connectivity index (χ1n) is 13.6. The fourth-order valence-electron chi connectivity index (χ4n) is 4.51. The van der Waals surface area contributed by atoms with E-state index in [0.717, 1.165) is 25.7 Å². The van der Waals surface area contributed by atoms with E-state index in [4.69, 9.17) is 23.4 Å². The van der Waals surface area contributed by atoms with Crippen LogP contribution in [0.15, 0.2) is 39.5 Å². The van der Waals surface area contributed by atoms with Crippen molar-refractivity contribution < 1.29 is 23.4 Å². The standard InChI is InChI=1S/C31H42O6/c1-6-8-10-11-12-13-14-15-22-16-17-24-25(19-22)37-29(31(28(24)32)36-18-9-7-2)23-20-26(33-3)30(35-5)27(21-23)34-4/h16-17,19-21H,6-15,18H2,1-5H3. The van der Waals surface area contributed by atoms with Crippen molar-refractivity contribution in [2.45, 2.75) is 78.1 Å². The number of rotatable bonds is 16. The van der Waals surface area contributed by atoms with Gasteiger partial charge in [-0.1, -0.05) is 64.9 Å². The Morgan fingerprint density at radius 3 is 2.00 bits per heavy atom. The number of unbranched alkanes of at least 4 members (excludes halogenated alkanes) is 7. The molecule has 0 saturated heterocycles. The lowest BCUT2D eigenvalue weighted by molar-refractivity contribution is 0.301. The highest BCUT2D eigenvalue weighted by atomic mass is 16.5. The SMILES string of the molecule is CCCCCCCCCc1ccc2c(=O)c(OCCCC)c(-c3cc(OC)c(OC)c(OC)c3)oc2c1. The van der Waals surface area contributed by atoms with Crippen LogP contribution in [0.1, 0.15) is 77.2 Å². The van der Waals surface area contributed by atoms with Gasteiger partial charge in [0.15, 0.2) is 17.3 Å². The van der Waals surface area contributed by atoms with Crippen molar-refractivity contribution in [2.75, 3.05) is 27.9 Å². The summed E-state index contributed by atoms with van der Waals surface area (Å²) in [6, 6.07) is 9.45. The van der Waals surface area contributed by atoms with Gasteiger partial charge in [0.25, 0.3) is 0 Å². The van der Waals surface area contributed by atoms with Crippen LogP contribution in [0.4, 0.5) is 0 Å². The molecule has 0 aliphatic rings. The van der Waals surface area contributed by atoms with Gasteiger partial charge in [0, 0.05) is 5.56 Å². The third kappa shape index (κ3) is 7.21. The minimum atomic E-state index is -0.177. The smallest absolute Gasteiger partial charge is 0.235 e. The fraction of sp³-hybridized carbons (Fsp3) is 0.516. The zero-order valence-corrected chi connectivity index (χ0v) is 23.1. The second-order valence-corrected chi connectivity index (χ2v) is 9.41. The molecule has 0 atom stereocenters. The molecule has 0 N–H and O–H groups in total. The monoisotopic (exact) mass is 510 g/mol. The predicted molar refractivity (Wildman–Crippen MR) is 150 cm³/mol. The molecule has 6 heteroatoms. The number of methoxy groups -OCH3 is 3. The van der Waals surface area contributed by atoms with E-state index in [1.807, 2.05) is 18.2 Å². The van der Waals surface area contributed by atoms with E-state index in [2.05, 4.69) is 13.8 Å². The van der Waals surface area contributed by atoms with E-state index in [1.165, 1.54) is 44.1 Å². The summed E-state index contributed by atoms with van der Waals surface area (Å²) in [7, 11) is 4.68. The zero-order chi connectivity index (χ0) is 26.6. The van der Waals surface area contributed by atoms with Crippen LogP contribution in [-0.2, 0) is 6.42 Å². The van der Waals surface area contributed by atoms with Crippen LogP contribution >= 0.6 is 0 Å². The molecule has 0 fully saturated rings. The first-order valence-corrected chi connectivity index (χ1v) is 13.6. The van der Waals surface area contributed by atoms with Crippen LogP contribution < -0.4 is 24.4 Å². The molecule has 1 heterocycles. The molecule has 37 heavy (non-hydrogen) atoms. The minimum absolute atomic E-state index is 0.177. The van der Waals surface area contributed by atoms with E-state index in [1.54, 1.807) is 33.5 Å². The number of fused-ring (bicyclic) bond motifs is 1. The number of benzene rings is 2. The lowest BCUT2D eigenvalue weighted by Gasteiger charge is -2.16. The van der Waals surface area contributed by atoms with Gasteiger partial charge >= 0.3 is 0 Å². The topological polar surface area (TPSA) is 67.1 Å². The van der Waals surface area contributed by atoms with Crippen LogP contribution in [-0.4, -0.2) is 27.9 Å². The lowest BCUT2D eigenvalue weighted by Crippen LogP contribution is -2.11. The maximum atomic E-state index is 13.6.